The summed E-state index contributed by atoms with van der Waals surface area (Å²) in [5.41, 5.74) is 8.58. The van der Waals surface area contributed by atoms with E-state index in [1.54, 1.807) is 11.1 Å². The summed E-state index contributed by atoms with van der Waals surface area (Å²) in [6, 6.07) is 0. The molecule has 128 valence electrons. The second-order valence-electron chi connectivity index (χ2n) is 11.1. The van der Waals surface area contributed by atoms with Gasteiger partial charge < -0.3 is 0 Å². The highest BCUT2D eigenvalue weighted by atomic mass is 14.6. The van der Waals surface area contributed by atoms with Crippen LogP contribution in [0.2, 0.25) is 0 Å². The van der Waals surface area contributed by atoms with Crippen LogP contribution >= 0.6 is 0 Å². The van der Waals surface area contributed by atoms with E-state index in [0.29, 0.717) is 16.2 Å². The zero-order valence-corrected chi connectivity index (χ0v) is 16.3. The molecule has 4 aliphatic carbocycles. The number of hydrogen-bond acceptors (Lipinski definition) is 0. The van der Waals surface area contributed by atoms with Gasteiger partial charge in [0.25, 0.3) is 0 Å². The second kappa shape index (κ2) is 4.77. The SMILES string of the molecule is CC(C)(C)C1=C2CC3(CCC4CCCC43)CC2=C(C(C)(C)C)C1. The van der Waals surface area contributed by atoms with E-state index in [0.717, 1.165) is 11.8 Å². The minimum atomic E-state index is 0.340. The Morgan fingerprint density at radius 1 is 0.783 bits per heavy atom. The van der Waals surface area contributed by atoms with E-state index in [4.69, 9.17) is 0 Å². The maximum absolute atomic E-state index is 2.44. The first-order chi connectivity index (χ1) is 10.6. The normalized spacial score (nSPS) is 33.1. The van der Waals surface area contributed by atoms with Crippen LogP contribution in [-0.2, 0) is 0 Å². The highest BCUT2D eigenvalue weighted by Crippen LogP contribution is 2.67. The van der Waals surface area contributed by atoms with Gasteiger partial charge in [0.2, 0.25) is 0 Å². The van der Waals surface area contributed by atoms with Gasteiger partial charge in [-0.15, -0.1) is 0 Å². The lowest BCUT2D eigenvalue weighted by Gasteiger charge is -2.33. The maximum Gasteiger partial charge on any atom is -0.00861 e. The molecule has 0 heterocycles. The molecule has 0 aromatic carbocycles. The van der Waals surface area contributed by atoms with Crippen molar-refractivity contribution < 1.29 is 0 Å². The van der Waals surface area contributed by atoms with Gasteiger partial charge >= 0.3 is 0 Å². The van der Waals surface area contributed by atoms with Crippen molar-refractivity contribution in [2.45, 2.75) is 92.9 Å². The average molecular weight is 313 g/mol. The molecule has 0 N–H and O–H groups in total. The minimum Gasteiger partial charge on any atom is -0.0572 e. The van der Waals surface area contributed by atoms with Crippen molar-refractivity contribution in [2.75, 3.05) is 0 Å². The molecule has 2 atom stereocenters. The fourth-order valence-corrected chi connectivity index (χ4v) is 6.67. The van der Waals surface area contributed by atoms with E-state index in [2.05, 4.69) is 41.5 Å². The molecule has 0 saturated heterocycles. The van der Waals surface area contributed by atoms with Gasteiger partial charge in [-0.1, -0.05) is 65.5 Å². The molecule has 0 nitrogen and oxygen atoms in total. The van der Waals surface area contributed by atoms with Gasteiger partial charge in [-0.25, -0.2) is 0 Å². The predicted molar refractivity (Wildman–Crippen MR) is 99.3 cm³/mol. The summed E-state index contributed by atoms with van der Waals surface area (Å²) < 4.78 is 0. The van der Waals surface area contributed by atoms with E-state index in [1.807, 2.05) is 11.1 Å². The lowest BCUT2D eigenvalue weighted by atomic mass is 9.71. The van der Waals surface area contributed by atoms with Crippen molar-refractivity contribution in [3.05, 3.63) is 22.3 Å². The summed E-state index contributed by atoms with van der Waals surface area (Å²) in [4.78, 5) is 0. The Labute approximate surface area is 143 Å². The van der Waals surface area contributed by atoms with Crippen LogP contribution in [0, 0.1) is 28.1 Å². The lowest BCUT2D eigenvalue weighted by molar-refractivity contribution is 0.201. The predicted octanol–water partition coefficient (Wildman–Crippen LogP) is 7.07. The smallest absolute Gasteiger partial charge is 0.00861 e. The van der Waals surface area contributed by atoms with Crippen molar-refractivity contribution in [3.63, 3.8) is 0 Å². The molecular weight excluding hydrogens is 276 g/mol. The van der Waals surface area contributed by atoms with Gasteiger partial charge in [0.05, 0.1) is 0 Å². The van der Waals surface area contributed by atoms with Crippen LogP contribution in [0.5, 0.6) is 0 Å². The van der Waals surface area contributed by atoms with Crippen molar-refractivity contribution >= 4 is 0 Å². The number of rotatable bonds is 0. The van der Waals surface area contributed by atoms with Crippen molar-refractivity contribution in [2.24, 2.45) is 28.1 Å². The fraction of sp³-hybridized carbons (Fsp3) is 0.826. The van der Waals surface area contributed by atoms with Gasteiger partial charge in [0, 0.05) is 0 Å². The van der Waals surface area contributed by atoms with E-state index in [9.17, 15) is 0 Å². The van der Waals surface area contributed by atoms with Crippen molar-refractivity contribution in [1.82, 2.24) is 0 Å². The monoisotopic (exact) mass is 312 g/mol. The summed E-state index contributed by atoms with van der Waals surface area (Å²) in [5.74, 6) is 2.13. The third-order valence-corrected chi connectivity index (χ3v) is 7.77. The first kappa shape index (κ1) is 16.0. The van der Waals surface area contributed by atoms with Crippen LogP contribution in [0.3, 0.4) is 0 Å². The molecule has 0 bridgehead atoms. The highest BCUT2D eigenvalue weighted by Gasteiger charge is 2.55. The van der Waals surface area contributed by atoms with Crippen LogP contribution in [0.4, 0.5) is 0 Å². The van der Waals surface area contributed by atoms with Crippen LogP contribution in [0.1, 0.15) is 92.9 Å². The molecule has 3 saturated carbocycles. The summed E-state index contributed by atoms with van der Waals surface area (Å²) in [7, 11) is 0. The molecule has 4 rings (SSSR count). The molecule has 23 heavy (non-hydrogen) atoms. The van der Waals surface area contributed by atoms with Gasteiger partial charge in [-0.2, -0.15) is 0 Å². The summed E-state index contributed by atoms with van der Waals surface area (Å²) in [6.07, 6.45) is 11.7. The standard InChI is InChI=1S/C23H36/c1-21(2,3)19-12-20(22(4,5)6)17-14-23(13-16(17)19)11-10-15-8-7-9-18(15)23/h15,18H,7-14H2,1-6H3. The van der Waals surface area contributed by atoms with Crippen molar-refractivity contribution in [3.8, 4) is 0 Å². The minimum absolute atomic E-state index is 0.340. The number of fused-ring (bicyclic) bond motifs is 3. The van der Waals surface area contributed by atoms with Crippen LogP contribution in [0.25, 0.3) is 0 Å². The van der Waals surface area contributed by atoms with Gasteiger partial charge in [-0.3, -0.25) is 0 Å². The largest absolute Gasteiger partial charge is 0.0572 e. The Morgan fingerprint density at radius 3 is 1.87 bits per heavy atom. The molecule has 1 spiro atoms. The Hall–Kier alpha value is -0.520. The Balaban J connectivity index is 1.78. The molecule has 0 aromatic rings. The average Bonchev–Trinajstić information content (AvgIpc) is 3.10. The highest BCUT2D eigenvalue weighted by molar-refractivity contribution is 5.55. The second-order valence-corrected chi connectivity index (χ2v) is 11.1. The third-order valence-electron chi connectivity index (χ3n) is 7.77. The molecule has 0 heteroatoms. The maximum atomic E-state index is 2.44. The third kappa shape index (κ3) is 2.30. The lowest BCUT2D eigenvalue weighted by Crippen LogP contribution is -2.24. The Kier molecular flexibility index (Phi) is 3.31. The van der Waals surface area contributed by atoms with E-state index >= 15 is 0 Å². The van der Waals surface area contributed by atoms with Crippen LogP contribution < -0.4 is 0 Å². The first-order valence-corrected chi connectivity index (χ1v) is 10.1. The van der Waals surface area contributed by atoms with Gasteiger partial charge in [-0.05, 0) is 77.8 Å². The summed E-state index contributed by atoms with van der Waals surface area (Å²) >= 11 is 0. The van der Waals surface area contributed by atoms with Crippen molar-refractivity contribution in [1.29, 1.82) is 0 Å². The Bertz CT molecular complexity index is 547. The quantitative estimate of drug-likeness (QED) is 0.449. The van der Waals surface area contributed by atoms with E-state index < -0.39 is 0 Å². The fourth-order valence-electron chi connectivity index (χ4n) is 6.67. The molecule has 0 aromatic heterocycles. The Morgan fingerprint density at radius 2 is 1.35 bits per heavy atom. The molecule has 0 amide bonds. The molecule has 0 aliphatic heterocycles. The van der Waals surface area contributed by atoms with E-state index in [1.165, 1.54) is 51.4 Å². The van der Waals surface area contributed by atoms with Crippen LogP contribution in [0.15, 0.2) is 22.3 Å². The zero-order chi connectivity index (χ0) is 16.6. The number of hydrogen-bond donors (Lipinski definition) is 0. The molecule has 3 fully saturated rings. The van der Waals surface area contributed by atoms with E-state index in [-0.39, 0.29) is 0 Å². The molecular formula is C23H36. The zero-order valence-electron chi connectivity index (χ0n) is 16.3. The van der Waals surface area contributed by atoms with Crippen LogP contribution in [-0.4, -0.2) is 0 Å². The first-order valence-electron chi connectivity index (χ1n) is 10.1. The summed E-state index contributed by atoms with van der Waals surface area (Å²) in [6.45, 7) is 14.6. The van der Waals surface area contributed by atoms with Gasteiger partial charge in [0.1, 0.15) is 0 Å². The molecule has 2 unspecified atom stereocenters. The summed E-state index contributed by atoms with van der Waals surface area (Å²) in [5, 5.41) is 0. The number of allylic oxidation sites excluding steroid dienone is 4. The van der Waals surface area contributed by atoms with Gasteiger partial charge in [0.15, 0.2) is 0 Å². The molecule has 4 aliphatic rings. The topological polar surface area (TPSA) is 0 Å². The molecule has 0 radical (unpaired) electrons.